The molecule has 0 aliphatic carbocycles. The number of carbonyl (C=O) groups is 1. The maximum atomic E-state index is 12.4. The van der Waals surface area contributed by atoms with Gasteiger partial charge in [-0.15, -0.1) is 0 Å². The number of anilines is 1. The van der Waals surface area contributed by atoms with E-state index in [1.54, 1.807) is 12.1 Å². The molecule has 0 aromatic heterocycles. The van der Waals surface area contributed by atoms with E-state index in [9.17, 15) is 13.2 Å². The van der Waals surface area contributed by atoms with Crippen LogP contribution in [-0.2, 0) is 14.8 Å². The lowest BCUT2D eigenvalue weighted by Crippen LogP contribution is -2.34. The number of para-hydroxylation sites is 1. The number of hydrogen-bond acceptors (Lipinski definition) is 4. The number of benzene rings is 2. The molecular weight excluding hydrogens is 340 g/mol. The minimum Gasteiger partial charge on any atom is -0.484 e. The molecule has 0 unspecified atom stereocenters. The van der Waals surface area contributed by atoms with Crippen molar-refractivity contribution >= 4 is 21.6 Å². The van der Waals surface area contributed by atoms with Crippen molar-refractivity contribution < 1.29 is 17.9 Å². The van der Waals surface area contributed by atoms with Crippen LogP contribution in [0.25, 0.3) is 0 Å². The van der Waals surface area contributed by atoms with Crippen molar-refractivity contribution in [3.05, 3.63) is 54.1 Å². The standard InChI is InChI=1S/C18H22N2O4S/c1-13(2)19-18(21)12-24-15-8-10-16(11-9-15)25(22,23)20-17-7-5-4-6-14(17)3/h4-11,13,20H,12H2,1-3H3,(H,19,21). The van der Waals surface area contributed by atoms with Crippen molar-refractivity contribution in [2.75, 3.05) is 11.3 Å². The summed E-state index contributed by atoms with van der Waals surface area (Å²) in [4.78, 5) is 11.7. The molecule has 0 fully saturated rings. The van der Waals surface area contributed by atoms with Crippen LogP contribution < -0.4 is 14.8 Å². The maximum Gasteiger partial charge on any atom is 0.261 e. The van der Waals surface area contributed by atoms with Gasteiger partial charge in [0.05, 0.1) is 10.6 Å². The molecule has 7 heteroatoms. The van der Waals surface area contributed by atoms with Gasteiger partial charge in [-0.25, -0.2) is 8.42 Å². The van der Waals surface area contributed by atoms with Gasteiger partial charge < -0.3 is 10.1 Å². The Morgan fingerprint density at radius 1 is 1.08 bits per heavy atom. The zero-order valence-electron chi connectivity index (χ0n) is 14.4. The van der Waals surface area contributed by atoms with Crippen molar-refractivity contribution in [2.45, 2.75) is 31.7 Å². The van der Waals surface area contributed by atoms with Gasteiger partial charge >= 0.3 is 0 Å². The Kier molecular flexibility index (Phi) is 6.03. The number of hydrogen-bond donors (Lipinski definition) is 2. The average molecular weight is 362 g/mol. The second-order valence-corrected chi connectivity index (χ2v) is 7.59. The van der Waals surface area contributed by atoms with Gasteiger partial charge in [-0.05, 0) is 56.7 Å². The van der Waals surface area contributed by atoms with E-state index >= 15 is 0 Å². The minimum absolute atomic E-state index is 0.0381. The molecule has 0 spiro atoms. The predicted molar refractivity (Wildman–Crippen MR) is 97.2 cm³/mol. The van der Waals surface area contributed by atoms with Crippen LogP contribution in [-0.4, -0.2) is 27.0 Å². The summed E-state index contributed by atoms with van der Waals surface area (Å²) in [6.45, 7) is 5.43. The predicted octanol–water partition coefficient (Wildman–Crippen LogP) is 2.70. The zero-order chi connectivity index (χ0) is 18.4. The first-order valence-electron chi connectivity index (χ1n) is 7.88. The van der Waals surface area contributed by atoms with Gasteiger partial charge in [0, 0.05) is 6.04 Å². The van der Waals surface area contributed by atoms with Crippen LogP contribution in [0.3, 0.4) is 0 Å². The Labute approximate surface area is 148 Å². The molecule has 2 N–H and O–H groups in total. The van der Waals surface area contributed by atoms with Gasteiger partial charge in [-0.2, -0.15) is 0 Å². The molecule has 0 aliphatic heterocycles. The first kappa shape index (κ1) is 18.8. The summed E-state index contributed by atoms with van der Waals surface area (Å²) in [6.07, 6.45) is 0. The van der Waals surface area contributed by atoms with E-state index < -0.39 is 10.0 Å². The van der Waals surface area contributed by atoms with E-state index in [0.717, 1.165) is 5.56 Å². The Balaban J connectivity index is 2.03. The van der Waals surface area contributed by atoms with Crippen molar-refractivity contribution in [3.63, 3.8) is 0 Å². The van der Waals surface area contributed by atoms with Crippen molar-refractivity contribution in [2.24, 2.45) is 0 Å². The zero-order valence-corrected chi connectivity index (χ0v) is 15.3. The Bertz CT molecular complexity index is 830. The summed E-state index contributed by atoms with van der Waals surface area (Å²) in [5.74, 6) is 0.196. The van der Waals surface area contributed by atoms with Gasteiger partial charge in [0.15, 0.2) is 6.61 Å². The van der Waals surface area contributed by atoms with Gasteiger partial charge in [0.2, 0.25) is 0 Å². The molecule has 0 aliphatic rings. The molecule has 6 nitrogen and oxygen atoms in total. The number of sulfonamides is 1. The van der Waals surface area contributed by atoms with Gasteiger partial charge in [-0.3, -0.25) is 9.52 Å². The highest BCUT2D eigenvalue weighted by molar-refractivity contribution is 7.92. The number of amides is 1. The van der Waals surface area contributed by atoms with Crippen molar-refractivity contribution in [1.29, 1.82) is 0 Å². The molecule has 0 bridgehead atoms. The van der Waals surface area contributed by atoms with Crippen LogP contribution in [0.4, 0.5) is 5.69 Å². The van der Waals surface area contributed by atoms with E-state index in [1.807, 2.05) is 32.9 Å². The summed E-state index contributed by atoms with van der Waals surface area (Å²) in [6, 6.07) is 13.1. The molecule has 2 rings (SSSR count). The summed E-state index contributed by atoms with van der Waals surface area (Å²) in [7, 11) is -3.68. The van der Waals surface area contributed by atoms with Gasteiger partial charge in [-0.1, -0.05) is 18.2 Å². The summed E-state index contributed by atoms with van der Waals surface area (Å²) < 4.78 is 32.8. The van der Waals surface area contributed by atoms with Gasteiger partial charge in [0.1, 0.15) is 5.75 Å². The highest BCUT2D eigenvalue weighted by Gasteiger charge is 2.15. The molecule has 25 heavy (non-hydrogen) atoms. The SMILES string of the molecule is Cc1ccccc1NS(=O)(=O)c1ccc(OCC(=O)NC(C)C)cc1. The maximum absolute atomic E-state index is 12.4. The van der Waals surface area contributed by atoms with Crippen LogP contribution in [0.5, 0.6) is 5.75 Å². The Morgan fingerprint density at radius 2 is 1.72 bits per heavy atom. The first-order valence-corrected chi connectivity index (χ1v) is 9.37. The highest BCUT2D eigenvalue weighted by Crippen LogP contribution is 2.21. The van der Waals surface area contributed by atoms with E-state index in [2.05, 4.69) is 10.0 Å². The summed E-state index contributed by atoms with van der Waals surface area (Å²) in [5.41, 5.74) is 1.37. The smallest absolute Gasteiger partial charge is 0.261 e. The number of carbonyl (C=O) groups excluding carboxylic acids is 1. The van der Waals surface area contributed by atoms with Crippen LogP contribution in [0, 0.1) is 6.92 Å². The van der Waals surface area contributed by atoms with Crippen molar-refractivity contribution in [1.82, 2.24) is 5.32 Å². The lowest BCUT2D eigenvalue weighted by molar-refractivity contribution is -0.123. The average Bonchev–Trinajstić information content (AvgIpc) is 2.55. The Morgan fingerprint density at radius 3 is 2.32 bits per heavy atom. The highest BCUT2D eigenvalue weighted by atomic mass is 32.2. The third kappa shape index (κ3) is 5.49. The third-order valence-corrected chi connectivity index (χ3v) is 4.72. The minimum atomic E-state index is -3.68. The molecule has 0 heterocycles. The second-order valence-electron chi connectivity index (χ2n) is 5.90. The fourth-order valence-electron chi connectivity index (χ4n) is 2.12. The molecule has 134 valence electrons. The van der Waals surface area contributed by atoms with Crippen LogP contribution in [0.1, 0.15) is 19.4 Å². The third-order valence-electron chi connectivity index (χ3n) is 3.34. The summed E-state index contributed by atoms with van der Waals surface area (Å²) in [5, 5.41) is 2.71. The van der Waals surface area contributed by atoms with E-state index in [4.69, 9.17) is 4.74 Å². The fraction of sp³-hybridized carbons (Fsp3) is 0.278. The first-order chi connectivity index (χ1) is 11.8. The topological polar surface area (TPSA) is 84.5 Å². The normalized spacial score (nSPS) is 11.2. The lowest BCUT2D eigenvalue weighted by atomic mass is 10.2. The van der Waals surface area contributed by atoms with E-state index in [-0.39, 0.29) is 23.5 Å². The quantitative estimate of drug-likeness (QED) is 0.793. The van der Waals surface area contributed by atoms with Gasteiger partial charge in [0.25, 0.3) is 15.9 Å². The molecule has 0 atom stereocenters. The molecule has 0 saturated heterocycles. The summed E-state index contributed by atoms with van der Waals surface area (Å²) >= 11 is 0. The Hall–Kier alpha value is -2.54. The second kappa shape index (κ2) is 8.02. The van der Waals surface area contributed by atoms with Crippen LogP contribution >= 0.6 is 0 Å². The molecule has 0 saturated carbocycles. The number of nitrogens with one attached hydrogen (secondary N) is 2. The number of aryl methyl sites for hydroxylation is 1. The van der Waals surface area contributed by atoms with Crippen LogP contribution in [0.2, 0.25) is 0 Å². The monoisotopic (exact) mass is 362 g/mol. The van der Waals surface area contributed by atoms with E-state index in [0.29, 0.717) is 11.4 Å². The molecule has 2 aromatic rings. The molecule has 2 aromatic carbocycles. The van der Waals surface area contributed by atoms with Crippen molar-refractivity contribution in [3.8, 4) is 5.75 Å². The molecule has 0 radical (unpaired) electrons. The lowest BCUT2D eigenvalue weighted by Gasteiger charge is -2.12. The molecular formula is C18H22N2O4S. The fourth-order valence-corrected chi connectivity index (χ4v) is 3.25. The largest absolute Gasteiger partial charge is 0.484 e. The molecule has 1 amide bonds. The number of ether oxygens (including phenoxy) is 1. The van der Waals surface area contributed by atoms with E-state index in [1.165, 1.54) is 24.3 Å². The van der Waals surface area contributed by atoms with Crippen LogP contribution in [0.15, 0.2) is 53.4 Å². The number of rotatable bonds is 7.